The van der Waals surface area contributed by atoms with Gasteiger partial charge in [-0.1, -0.05) is 0 Å². The predicted octanol–water partition coefficient (Wildman–Crippen LogP) is 6.48. The van der Waals surface area contributed by atoms with Crippen LogP contribution < -0.4 is 15.9 Å². The van der Waals surface area contributed by atoms with Crippen molar-refractivity contribution in [3.8, 4) is 0 Å². The summed E-state index contributed by atoms with van der Waals surface area (Å²) in [6, 6.07) is 44.8. The van der Waals surface area contributed by atoms with E-state index in [4.69, 9.17) is 0 Å². The van der Waals surface area contributed by atoms with E-state index in [0.29, 0.717) is 5.92 Å². The van der Waals surface area contributed by atoms with E-state index in [1.165, 1.54) is 27.6 Å². The van der Waals surface area contributed by atoms with Crippen LogP contribution in [0.15, 0.2) is 121 Å². The van der Waals surface area contributed by atoms with Gasteiger partial charge in [0.1, 0.15) is 0 Å². The first kappa shape index (κ1) is 22.5. The Morgan fingerprint density at radius 3 is 1.20 bits per heavy atom. The SMILES string of the molecule is Br.CCC(C[PH](c1ccccc1)(c1ccccc1)c1ccccc1)c1ccccc1. The van der Waals surface area contributed by atoms with Crippen LogP contribution in [0.1, 0.15) is 24.8 Å². The molecule has 4 aromatic rings. The van der Waals surface area contributed by atoms with Gasteiger partial charge in [-0.05, 0) is 0 Å². The number of benzene rings is 4. The second kappa shape index (κ2) is 10.7. The van der Waals surface area contributed by atoms with Crippen molar-refractivity contribution in [2.45, 2.75) is 19.3 Å². The van der Waals surface area contributed by atoms with Gasteiger partial charge in [0.2, 0.25) is 0 Å². The Kier molecular flexibility index (Phi) is 8.02. The first-order valence-electron chi connectivity index (χ1n) is 10.6. The molecule has 0 saturated carbocycles. The van der Waals surface area contributed by atoms with Gasteiger partial charge in [0, 0.05) is 0 Å². The molecular weight excluding hydrogens is 447 g/mol. The van der Waals surface area contributed by atoms with Crippen molar-refractivity contribution in [2.75, 3.05) is 6.16 Å². The number of rotatable bonds is 7. The summed E-state index contributed by atoms with van der Waals surface area (Å²) < 4.78 is 0. The maximum atomic E-state index is 2.35. The summed E-state index contributed by atoms with van der Waals surface area (Å²) in [6.45, 7) is 2.33. The Bertz CT molecular complexity index is 905. The van der Waals surface area contributed by atoms with Crippen LogP contribution in [0.4, 0.5) is 0 Å². The zero-order valence-corrected chi connectivity index (χ0v) is 20.2. The molecule has 0 aliphatic carbocycles. The molecule has 1 unspecified atom stereocenters. The van der Waals surface area contributed by atoms with Crippen LogP contribution in [-0.4, -0.2) is 6.16 Å². The molecule has 0 saturated heterocycles. The summed E-state index contributed by atoms with van der Waals surface area (Å²) in [5.74, 6) is 0.531. The van der Waals surface area contributed by atoms with Crippen molar-refractivity contribution < 1.29 is 0 Å². The summed E-state index contributed by atoms with van der Waals surface area (Å²) in [5, 5.41) is 4.48. The van der Waals surface area contributed by atoms with Gasteiger partial charge in [-0.3, -0.25) is 0 Å². The zero-order chi connectivity index (χ0) is 19.9. The minimum atomic E-state index is -2.19. The first-order chi connectivity index (χ1) is 14.3. The van der Waals surface area contributed by atoms with E-state index in [1.807, 2.05) is 0 Å². The van der Waals surface area contributed by atoms with Crippen LogP contribution in [0.5, 0.6) is 0 Å². The molecule has 4 rings (SSSR count). The molecule has 4 aromatic carbocycles. The molecule has 0 fully saturated rings. The molecule has 0 N–H and O–H groups in total. The molecule has 0 aliphatic heterocycles. The molecule has 154 valence electrons. The first-order valence-corrected chi connectivity index (χ1v) is 12.8. The van der Waals surface area contributed by atoms with E-state index in [0.717, 1.165) is 6.42 Å². The molecule has 1 atom stereocenters. The third-order valence-corrected chi connectivity index (χ3v) is 11.2. The van der Waals surface area contributed by atoms with Crippen molar-refractivity contribution in [3.05, 3.63) is 127 Å². The Morgan fingerprint density at radius 2 is 0.867 bits per heavy atom. The molecule has 0 aromatic heterocycles. The molecule has 0 radical (unpaired) electrons. The Hall–Kier alpha value is -2.21. The Labute approximate surface area is 192 Å². The third-order valence-electron chi connectivity index (χ3n) is 6.12. The van der Waals surface area contributed by atoms with E-state index >= 15 is 0 Å². The minimum absolute atomic E-state index is 0. The average molecular weight is 477 g/mol. The van der Waals surface area contributed by atoms with Gasteiger partial charge in [0.25, 0.3) is 0 Å². The molecule has 0 aliphatic rings. The van der Waals surface area contributed by atoms with Gasteiger partial charge >= 0.3 is 175 Å². The van der Waals surface area contributed by atoms with E-state index in [9.17, 15) is 0 Å². The standard InChI is InChI=1S/C28H29P.BrH/c1-2-24(25-15-7-3-8-16-25)23-29(26-17-9-4-10-18-26,27-19-11-5-12-20-27)28-21-13-6-14-22-28;/h3-22,24,29H,2,23H2,1H3;1H. The van der Waals surface area contributed by atoms with Crippen molar-refractivity contribution in [1.82, 2.24) is 0 Å². The van der Waals surface area contributed by atoms with Gasteiger partial charge in [-0.25, -0.2) is 0 Å². The number of halogens is 1. The van der Waals surface area contributed by atoms with Crippen LogP contribution in [0.2, 0.25) is 0 Å². The van der Waals surface area contributed by atoms with Crippen molar-refractivity contribution in [1.29, 1.82) is 0 Å². The normalized spacial score (nSPS) is 12.6. The topological polar surface area (TPSA) is 0 Å². The van der Waals surface area contributed by atoms with Crippen LogP contribution >= 0.6 is 24.2 Å². The molecule has 0 nitrogen and oxygen atoms in total. The van der Waals surface area contributed by atoms with E-state index in [2.05, 4.69) is 128 Å². The Balaban J connectivity index is 0.00000256. The van der Waals surface area contributed by atoms with Crippen LogP contribution in [0, 0.1) is 0 Å². The zero-order valence-electron chi connectivity index (χ0n) is 17.4. The predicted molar refractivity (Wildman–Crippen MR) is 141 cm³/mol. The van der Waals surface area contributed by atoms with Gasteiger partial charge in [-0.2, -0.15) is 0 Å². The molecule has 0 bridgehead atoms. The monoisotopic (exact) mass is 476 g/mol. The summed E-state index contributed by atoms with van der Waals surface area (Å²) in [6.07, 6.45) is 2.32. The van der Waals surface area contributed by atoms with Gasteiger partial charge in [0.05, 0.1) is 0 Å². The summed E-state index contributed by atoms with van der Waals surface area (Å²) in [5.41, 5.74) is 1.45. The van der Waals surface area contributed by atoms with Crippen molar-refractivity contribution in [3.63, 3.8) is 0 Å². The molecule has 0 spiro atoms. The maximum absolute atomic E-state index is 2.35. The van der Waals surface area contributed by atoms with E-state index in [-0.39, 0.29) is 17.0 Å². The summed E-state index contributed by atoms with van der Waals surface area (Å²) in [4.78, 5) is 0. The average Bonchev–Trinajstić information content (AvgIpc) is 2.82. The fourth-order valence-electron chi connectivity index (χ4n) is 4.61. The molecule has 0 heterocycles. The fourth-order valence-corrected chi connectivity index (χ4v) is 9.87. The van der Waals surface area contributed by atoms with Crippen molar-refractivity contribution in [2.24, 2.45) is 0 Å². The third kappa shape index (κ3) is 4.59. The Morgan fingerprint density at radius 1 is 0.533 bits per heavy atom. The fraction of sp³-hybridized carbons (Fsp3) is 0.143. The molecular formula is C28H30BrP. The summed E-state index contributed by atoms with van der Waals surface area (Å²) >= 11 is 0. The molecule has 30 heavy (non-hydrogen) atoms. The second-order valence-electron chi connectivity index (χ2n) is 7.72. The van der Waals surface area contributed by atoms with Crippen molar-refractivity contribution >= 4 is 40.2 Å². The van der Waals surface area contributed by atoms with E-state index in [1.54, 1.807) is 0 Å². The van der Waals surface area contributed by atoms with Crippen LogP contribution in [0.3, 0.4) is 0 Å². The number of hydrogen-bond donors (Lipinski definition) is 0. The van der Waals surface area contributed by atoms with Gasteiger partial charge < -0.3 is 0 Å². The second-order valence-corrected chi connectivity index (χ2v) is 11.7. The summed E-state index contributed by atoms with van der Waals surface area (Å²) in [7, 11) is -2.19. The quantitative estimate of drug-likeness (QED) is 0.267. The van der Waals surface area contributed by atoms with Crippen LogP contribution in [-0.2, 0) is 0 Å². The molecule has 2 heteroatoms. The van der Waals surface area contributed by atoms with Crippen LogP contribution in [0.25, 0.3) is 0 Å². The number of hydrogen-bond acceptors (Lipinski definition) is 0. The van der Waals surface area contributed by atoms with E-state index < -0.39 is 7.26 Å². The van der Waals surface area contributed by atoms with Gasteiger partial charge in [0.15, 0.2) is 0 Å². The van der Waals surface area contributed by atoms with Gasteiger partial charge in [-0.15, -0.1) is 17.0 Å². The molecule has 0 amide bonds.